The molecule has 0 heterocycles. The van der Waals surface area contributed by atoms with E-state index in [0.29, 0.717) is 11.9 Å². The molecule has 0 aromatic carbocycles. The fraction of sp³-hybridized carbons (Fsp3) is 1.00. The van der Waals surface area contributed by atoms with Crippen LogP contribution in [0.25, 0.3) is 0 Å². The molecule has 0 unspecified atom stereocenters. The normalized spacial score (nSPS) is 11.8. The van der Waals surface area contributed by atoms with Crippen molar-refractivity contribution in [3.63, 3.8) is 0 Å². The Hall–Kier alpha value is 1.91. The van der Waals surface area contributed by atoms with E-state index >= 15 is 0 Å². The Morgan fingerprint density at radius 1 is 0.400 bits per heavy atom. The zero-order valence-corrected chi connectivity index (χ0v) is 26.1. The third kappa shape index (κ3) is 844. The van der Waals surface area contributed by atoms with E-state index in [9.17, 15) is 0 Å². The minimum atomic E-state index is 0.688. The van der Waals surface area contributed by atoms with Crippen LogP contribution in [0.4, 0.5) is 0 Å². The maximum atomic E-state index is 2.27. The number of hydrogen-bond acceptors (Lipinski definition) is 0. The first-order valence-electron chi connectivity index (χ1n) is 6.00. The van der Waals surface area contributed by atoms with Crippen molar-refractivity contribution in [3.8, 4) is 0 Å². The first-order valence-corrected chi connectivity index (χ1v) is 12.3. The van der Waals surface area contributed by atoms with Gasteiger partial charge in [-0.25, -0.2) is 0 Å². The molecular weight excluding hydrogens is 353 g/mol. The van der Waals surface area contributed by atoms with Crippen LogP contribution < -0.4 is 0 Å². The molecule has 0 saturated carbocycles. The summed E-state index contributed by atoms with van der Waals surface area (Å²) in [7, 11) is 0. The molecule has 0 amide bonds. The van der Waals surface area contributed by atoms with Gasteiger partial charge in [0.15, 0.2) is 0 Å². The van der Waals surface area contributed by atoms with E-state index in [-0.39, 0.29) is 0 Å². The second-order valence-electron chi connectivity index (χ2n) is 9.00. The maximum absolute atomic E-state index is 2.27. The van der Waals surface area contributed by atoms with Crippen molar-refractivity contribution in [3.05, 3.63) is 0 Å². The van der Waals surface area contributed by atoms with Crippen molar-refractivity contribution in [2.24, 2.45) is 0 Å². The van der Waals surface area contributed by atoms with Gasteiger partial charge in [-0.1, -0.05) is 0 Å². The topological polar surface area (TPSA) is 0 Å². The first kappa shape index (κ1) is 22.1. The summed E-state index contributed by atoms with van der Waals surface area (Å²) in [5, 5.41) is 0. The molecule has 0 nitrogen and oxygen atoms in total. The van der Waals surface area contributed by atoms with E-state index in [4.69, 9.17) is 0 Å². The molecule has 0 aliphatic heterocycles. The summed E-state index contributed by atoms with van der Waals surface area (Å²) in [5.41, 5.74) is 0. The molecule has 0 N–H and O–H groups in total. The van der Waals surface area contributed by atoms with Crippen LogP contribution in [0.3, 0.4) is 0 Å². The van der Waals surface area contributed by atoms with Crippen molar-refractivity contribution in [1.29, 1.82) is 0 Å². The molecule has 0 bridgehead atoms. The summed E-state index contributed by atoms with van der Waals surface area (Å²) >= 11 is 3.00. The van der Waals surface area contributed by atoms with Gasteiger partial charge in [0.2, 0.25) is 0 Å². The van der Waals surface area contributed by atoms with Crippen molar-refractivity contribution >= 4 is 55.8 Å². The molecule has 0 aromatic heterocycles. The van der Waals surface area contributed by atoms with Gasteiger partial charge in [0.25, 0.3) is 0 Å². The van der Waals surface area contributed by atoms with Crippen LogP contribution in [-0.2, 0) is 0 Å². The van der Waals surface area contributed by atoms with Gasteiger partial charge in [0.05, 0.1) is 0 Å². The summed E-state index contributed by atoms with van der Waals surface area (Å²) in [5.74, 6) is 0. The number of rotatable bonds is 0. The average Bonchev–Trinajstić information content (AvgIpc) is 1.41. The molecule has 0 aliphatic rings. The second kappa shape index (κ2) is 8.92. The summed E-state index contributed by atoms with van der Waals surface area (Å²) in [4.78, 5) is 0. The van der Waals surface area contributed by atoms with Crippen molar-refractivity contribution in [2.75, 3.05) is 0 Å². The molecule has 0 aliphatic carbocycles. The molecule has 3 heteroatoms. The Morgan fingerprint density at radius 2 is 0.400 bits per heavy atom. The predicted molar refractivity (Wildman–Crippen MR) is 84.8 cm³/mol. The van der Waals surface area contributed by atoms with Gasteiger partial charge in [0.1, 0.15) is 0 Å². The van der Waals surface area contributed by atoms with Gasteiger partial charge < -0.3 is 0 Å². The second-order valence-corrected chi connectivity index (χ2v) is 27.9. The zero-order chi connectivity index (χ0) is 13.5. The third-order valence-corrected chi connectivity index (χ3v) is 0. The molecule has 0 aromatic rings. The van der Waals surface area contributed by atoms with Crippen LogP contribution >= 0.6 is 0 Å². The van der Waals surface area contributed by atoms with E-state index in [0.717, 1.165) is 55.8 Å². The molecule has 0 radical (unpaired) electrons. The van der Waals surface area contributed by atoms with Crippen molar-refractivity contribution in [1.82, 2.24) is 0 Å². The van der Waals surface area contributed by atoms with Gasteiger partial charge in [-0.2, -0.15) is 0 Å². The third-order valence-electron chi connectivity index (χ3n) is 0. The summed E-state index contributed by atoms with van der Waals surface area (Å²) in [6.07, 6.45) is 0. The monoisotopic (exact) mass is 384 g/mol. The standard InChI is InChI=1S/3C4H9.3Ga.6H/c3*1-4(2)3;;;;;;;;;/h3*1-3H3;;;;;;;;;. The SMILES string of the molecule is C[C](C)(C)[GaH2].C[C](C)(C)[GaH2].C[C](C)(C)[GaH2]. The van der Waals surface area contributed by atoms with Gasteiger partial charge in [0, 0.05) is 0 Å². The molecule has 15 heavy (non-hydrogen) atoms. The van der Waals surface area contributed by atoms with E-state index in [2.05, 4.69) is 62.3 Å². The Bertz CT molecular complexity index is 85.9. The van der Waals surface area contributed by atoms with E-state index in [1.54, 1.807) is 0 Å². The molecule has 0 atom stereocenters. The van der Waals surface area contributed by atoms with Crippen molar-refractivity contribution < 1.29 is 0 Å². The van der Waals surface area contributed by atoms with Crippen LogP contribution in [0, 0.1) is 0 Å². The fourth-order valence-corrected chi connectivity index (χ4v) is 0. The van der Waals surface area contributed by atoms with Gasteiger partial charge >= 0.3 is 130 Å². The molecule has 0 saturated heterocycles. The van der Waals surface area contributed by atoms with E-state index < -0.39 is 0 Å². The summed E-state index contributed by atoms with van der Waals surface area (Å²) in [6.45, 7) is 20.4. The molecule has 90 valence electrons. The predicted octanol–water partition coefficient (Wildman–Crippen LogP) is 2.51. The van der Waals surface area contributed by atoms with Crippen LogP contribution in [-0.4, -0.2) is 55.8 Å². The van der Waals surface area contributed by atoms with Gasteiger partial charge in [-0.3, -0.25) is 0 Å². The Kier molecular flexibility index (Phi) is 13.2. The minimum absolute atomic E-state index is 0.688. The summed E-state index contributed by atoms with van der Waals surface area (Å²) < 4.78 is 2.06. The quantitative estimate of drug-likeness (QED) is 0.561. The van der Waals surface area contributed by atoms with E-state index in [1.165, 1.54) is 0 Å². The first-order chi connectivity index (χ1) is 6.00. The molecular formula is C12H33Ga3. The Labute approximate surface area is 129 Å². The summed E-state index contributed by atoms with van der Waals surface area (Å²) in [6, 6.07) is 0. The van der Waals surface area contributed by atoms with Crippen LogP contribution in [0.1, 0.15) is 62.3 Å². The Morgan fingerprint density at radius 3 is 0.400 bits per heavy atom. The molecule has 0 rings (SSSR count). The van der Waals surface area contributed by atoms with E-state index in [1.807, 2.05) is 0 Å². The van der Waals surface area contributed by atoms with Crippen LogP contribution in [0.5, 0.6) is 0 Å². The van der Waals surface area contributed by atoms with Crippen LogP contribution in [0.15, 0.2) is 0 Å². The molecule has 0 fully saturated rings. The van der Waals surface area contributed by atoms with Gasteiger partial charge in [-0.15, -0.1) is 0 Å². The Balaban J connectivity index is -0.000000144. The fourth-order valence-electron chi connectivity index (χ4n) is 0. The zero-order valence-electron chi connectivity index (χ0n) is 13.5. The van der Waals surface area contributed by atoms with Gasteiger partial charge in [-0.05, 0) is 0 Å². The van der Waals surface area contributed by atoms with Crippen molar-refractivity contribution in [2.45, 2.75) is 74.2 Å². The average molecular weight is 387 g/mol. The molecule has 0 spiro atoms. The number of hydrogen-bond donors (Lipinski definition) is 0. The van der Waals surface area contributed by atoms with Crippen LogP contribution in [0.2, 0.25) is 11.9 Å².